The van der Waals surface area contributed by atoms with Crippen LogP contribution in [0.4, 0.5) is 0 Å². The third-order valence-electron chi connectivity index (χ3n) is 2.93. The molecule has 108 valence electrons. The number of rotatable bonds is 5. The van der Waals surface area contributed by atoms with E-state index in [0.717, 1.165) is 0 Å². The summed E-state index contributed by atoms with van der Waals surface area (Å²) in [6, 6.07) is 6.94. The summed E-state index contributed by atoms with van der Waals surface area (Å²) < 4.78 is 0. The summed E-state index contributed by atoms with van der Waals surface area (Å²) in [5.41, 5.74) is 1.03. The summed E-state index contributed by atoms with van der Waals surface area (Å²) in [5, 5.41) is 12.5. The number of phenolic OH excluding ortho intramolecular Hbond substituents is 1. The minimum absolute atomic E-state index is 0.182. The molecular formula is C16H16N2O3. The van der Waals surface area contributed by atoms with Crippen molar-refractivity contribution in [2.45, 2.75) is 6.42 Å². The fourth-order valence-corrected chi connectivity index (χ4v) is 1.81. The third kappa shape index (κ3) is 4.14. The number of benzene rings is 1. The molecule has 1 aromatic rings. The van der Waals surface area contributed by atoms with Gasteiger partial charge in [0.15, 0.2) is 0 Å². The Kier molecular flexibility index (Phi) is 5.04. The molecule has 0 heterocycles. The molecule has 5 nitrogen and oxygen atoms in total. The molecule has 0 bridgehead atoms. The van der Waals surface area contributed by atoms with Gasteiger partial charge < -0.3 is 10.4 Å². The van der Waals surface area contributed by atoms with E-state index >= 15 is 0 Å². The highest BCUT2D eigenvalue weighted by Gasteiger charge is 2.18. The fraction of sp³-hybridized carbons (Fsp3) is 0.188. The molecule has 1 aliphatic carbocycles. The SMILES string of the molecule is O=C1CC=C/C(=C\NCCN=Cc2ccccc2O)C1=O. The number of hydrogen-bond donors (Lipinski definition) is 2. The van der Waals surface area contributed by atoms with Crippen LogP contribution >= 0.6 is 0 Å². The average molecular weight is 284 g/mol. The lowest BCUT2D eigenvalue weighted by Crippen LogP contribution is -2.20. The third-order valence-corrected chi connectivity index (χ3v) is 2.93. The lowest BCUT2D eigenvalue weighted by Gasteiger charge is -2.05. The van der Waals surface area contributed by atoms with Gasteiger partial charge in [0.1, 0.15) is 5.75 Å². The highest BCUT2D eigenvalue weighted by Crippen LogP contribution is 2.12. The number of aromatic hydroxyl groups is 1. The van der Waals surface area contributed by atoms with E-state index in [1.165, 1.54) is 6.20 Å². The standard InChI is InChI=1S/C16H16N2O3/c19-14-6-2-1-4-12(14)10-17-8-9-18-11-13-5-3-7-15(20)16(13)21/h1-6,10-11,18-19H,7-9H2/b13-11+,17-10?. The zero-order valence-electron chi connectivity index (χ0n) is 11.5. The largest absolute Gasteiger partial charge is 0.507 e. The normalized spacial score (nSPS) is 16.9. The summed E-state index contributed by atoms with van der Waals surface area (Å²) in [6.07, 6.45) is 6.63. The number of hydrogen-bond acceptors (Lipinski definition) is 5. The maximum absolute atomic E-state index is 11.5. The number of para-hydroxylation sites is 1. The van der Waals surface area contributed by atoms with Crippen molar-refractivity contribution in [3.05, 3.63) is 53.8 Å². The maximum Gasteiger partial charge on any atom is 0.230 e. The molecule has 1 aliphatic rings. The molecule has 2 N–H and O–H groups in total. The van der Waals surface area contributed by atoms with Crippen LogP contribution in [0.25, 0.3) is 0 Å². The van der Waals surface area contributed by atoms with E-state index in [0.29, 0.717) is 24.2 Å². The lowest BCUT2D eigenvalue weighted by molar-refractivity contribution is -0.133. The van der Waals surface area contributed by atoms with E-state index in [9.17, 15) is 14.7 Å². The van der Waals surface area contributed by atoms with Gasteiger partial charge in [-0.25, -0.2) is 0 Å². The average Bonchev–Trinajstić information content (AvgIpc) is 2.48. The van der Waals surface area contributed by atoms with Crippen molar-refractivity contribution >= 4 is 17.8 Å². The quantitative estimate of drug-likeness (QED) is 0.370. The van der Waals surface area contributed by atoms with Crippen LogP contribution < -0.4 is 5.32 Å². The van der Waals surface area contributed by atoms with Gasteiger partial charge in [0.05, 0.1) is 6.54 Å². The second kappa shape index (κ2) is 7.19. The fourth-order valence-electron chi connectivity index (χ4n) is 1.81. The number of ketones is 2. The van der Waals surface area contributed by atoms with E-state index in [2.05, 4.69) is 10.3 Å². The molecule has 0 spiro atoms. The maximum atomic E-state index is 11.5. The molecule has 1 aromatic carbocycles. The predicted molar refractivity (Wildman–Crippen MR) is 80.4 cm³/mol. The van der Waals surface area contributed by atoms with Gasteiger partial charge in [0.25, 0.3) is 0 Å². The summed E-state index contributed by atoms with van der Waals surface area (Å²) in [5.74, 6) is -0.654. The monoisotopic (exact) mass is 284 g/mol. The minimum atomic E-state index is -0.456. The lowest BCUT2D eigenvalue weighted by atomic mass is 10.0. The first kappa shape index (κ1) is 14.7. The van der Waals surface area contributed by atoms with E-state index in [4.69, 9.17) is 0 Å². The molecule has 21 heavy (non-hydrogen) atoms. The van der Waals surface area contributed by atoms with E-state index < -0.39 is 5.78 Å². The first-order chi connectivity index (χ1) is 10.2. The topological polar surface area (TPSA) is 78.8 Å². The highest BCUT2D eigenvalue weighted by molar-refractivity contribution is 6.45. The van der Waals surface area contributed by atoms with Gasteiger partial charge in [0.2, 0.25) is 11.6 Å². The van der Waals surface area contributed by atoms with Crippen molar-refractivity contribution in [2.75, 3.05) is 13.1 Å². The van der Waals surface area contributed by atoms with Crippen molar-refractivity contribution < 1.29 is 14.7 Å². The zero-order chi connectivity index (χ0) is 15.1. The predicted octanol–water partition coefficient (Wildman–Crippen LogP) is 1.38. The Morgan fingerprint density at radius 2 is 2.10 bits per heavy atom. The van der Waals surface area contributed by atoms with Gasteiger partial charge in [-0.15, -0.1) is 0 Å². The number of Topliss-reactive ketones (excluding diaryl/α,β-unsaturated/α-hetero) is 2. The van der Waals surface area contributed by atoms with Crippen molar-refractivity contribution in [3.8, 4) is 5.75 Å². The van der Waals surface area contributed by atoms with Crippen LogP contribution in [-0.4, -0.2) is 36.0 Å². The van der Waals surface area contributed by atoms with Gasteiger partial charge >= 0.3 is 0 Å². The Morgan fingerprint density at radius 3 is 2.90 bits per heavy atom. The smallest absolute Gasteiger partial charge is 0.230 e. The van der Waals surface area contributed by atoms with Crippen LogP contribution in [0.15, 0.2) is 53.2 Å². The molecule has 5 heteroatoms. The molecule has 2 rings (SSSR count). The van der Waals surface area contributed by atoms with E-state index in [-0.39, 0.29) is 18.0 Å². The molecule has 0 aliphatic heterocycles. The molecule has 0 amide bonds. The minimum Gasteiger partial charge on any atom is -0.507 e. The zero-order valence-corrected chi connectivity index (χ0v) is 11.5. The summed E-state index contributed by atoms with van der Waals surface area (Å²) in [4.78, 5) is 26.9. The molecule has 0 saturated heterocycles. The first-order valence-corrected chi connectivity index (χ1v) is 6.64. The molecule has 0 unspecified atom stereocenters. The van der Waals surface area contributed by atoms with Gasteiger partial charge in [-0.05, 0) is 12.1 Å². The Morgan fingerprint density at radius 1 is 1.29 bits per heavy atom. The molecule has 0 radical (unpaired) electrons. The van der Waals surface area contributed by atoms with Crippen LogP contribution in [0.3, 0.4) is 0 Å². The van der Waals surface area contributed by atoms with Gasteiger partial charge in [-0.1, -0.05) is 24.3 Å². The van der Waals surface area contributed by atoms with E-state index in [1.807, 2.05) is 6.07 Å². The molecule has 0 saturated carbocycles. The second-order valence-electron chi connectivity index (χ2n) is 4.51. The second-order valence-corrected chi connectivity index (χ2v) is 4.51. The van der Waals surface area contributed by atoms with Crippen molar-refractivity contribution in [3.63, 3.8) is 0 Å². The number of carbonyl (C=O) groups excluding carboxylic acids is 2. The van der Waals surface area contributed by atoms with E-state index in [1.54, 1.807) is 36.6 Å². The van der Waals surface area contributed by atoms with Crippen LogP contribution in [0.5, 0.6) is 5.75 Å². The Hall–Kier alpha value is -2.69. The van der Waals surface area contributed by atoms with Gasteiger partial charge in [0, 0.05) is 36.5 Å². The Labute approximate surface area is 122 Å². The van der Waals surface area contributed by atoms with Crippen molar-refractivity contribution in [1.82, 2.24) is 5.32 Å². The number of nitrogens with zero attached hydrogens (tertiary/aromatic N) is 1. The summed E-state index contributed by atoms with van der Waals surface area (Å²) in [7, 11) is 0. The molecule has 0 aromatic heterocycles. The number of carbonyl (C=O) groups is 2. The number of allylic oxidation sites excluding steroid dienone is 3. The Balaban J connectivity index is 1.79. The summed E-state index contributed by atoms with van der Waals surface area (Å²) in [6.45, 7) is 1.02. The van der Waals surface area contributed by atoms with Crippen LogP contribution in [0.2, 0.25) is 0 Å². The van der Waals surface area contributed by atoms with Gasteiger partial charge in [-0.2, -0.15) is 0 Å². The number of phenols is 1. The first-order valence-electron chi connectivity index (χ1n) is 6.64. The highest BCUT2D eigenvalue weighted by atomic mass is 16.3. The van der Waals surface area contributed by atoms with Crippen molar-refractivity contribution in [2.24, 2.45) is 4.99 Å². The number of nitrogens with one attached hydrogen (secondary N) is 1. The van der Waals surface area contributed by atoms with Crippen molar-refractivity contribution in [1.29, 1.82) is 0 Å². The van der Waals surface area contributed by atoms with Crippen LogP contribution in [0.1, 0.15) is 12.0 Å². The Bertz CT molecular complexity index is 630. The molecule has 0 fully saturated rings. The van der Waals surface area contributed by atoms with Gasteiger partial charge in [-0.3, -0.25) is 14.6 Å². The summed E-state index contributed by atoms with van der Waals surface area (Å²) >= 11 is 0. The molecule has 0 atom stereocenters. The number of aliphatic imine (C=N–C) groups is 1. The van der Waals surface area contributed by atoms with Crippen LogP contribution in [-0.2, 0) is 9.59 Å². The van der Waals surface area contributed by atoms with Crippen LogP contribution in [0, 0.1) is 0 Å². The molecular weight excluding hydrogens is 268 g/mol.